The van der Waals surface area contributed by atoms with E-state index in [4.69, 9.17) is 4.74 Å². The molecule has 0 radical (unpaired) electrons. The molecule has 0 spiro atoms. The highest BCUT2D eigenvalue weighted by Gasteiger charge is 2.14. The first-order chi connectivity index (χ1) is 10.0. The molecule has 0 aliphatic carbocycles. The zero-order valence-corrected chi connectivity index (χ0v) is 11.6. The van der Waals surface area contributed by atoms with Crippen LogP contribution in [0.15, 0.2) is 42.5 Å². The molecule has 0 saturated carbocycles. The van der Waals surface area contributed by atoms with Gasteiger partial charge in [0.25, 0.3) is 0 Å². The summed E-state index contributed by atoms with van der Waals surface area (Å²) in [5.41, 5.74) is 1.53. The molecule has 0 aliphatic heterocycles. The molecule has 0 heterocycles. The second-order valence-corrected chi connectivity index (χ2v) is 4.42. The molecule has 0 N–H and O–H groups in total. The highest BCUT2D eigenvalue weighted by molar-refractivity contribution is 6.10. The maximum Gasteiger partial charge on any atom is 0.387 e. The molecule has 0 fully saturated rings. The van der Waals surface area contributed by atoms with Gasteiger partial charge < -0.3 is 9.47 Å². The third kappa shape index (κ3) is 3.56. The van der Waals surface area contributed by atoms with Crippen molar-refractivity contribution in [3.8, 4) is 11.5 Å². The molecule has 0 aromatic heterocycles. The molecular formula is C16H14F2O3. The van der Waals surface area contributed by atoms with Gasteiger partial charge in [-0.05, 0) is 42.8 Å². The number of hydrogen-bond acceptors (Lipinski definition) is 3. The fourth-order valence-electron chi connectivity index (χ4n) is 1.99. The third-order valence-electron chi connectivity index (χ3n) is 3.00. The quantitative estimate of drug-likeness (QED) is 0.786. The average molecular weight is 292 g/mol. The van der Waals surface area contributed by atoms with E-state index in [0.29, 0.717) is 16.9 Å². The zero-order chi connectivity index (χ0) is 15.4. The van der Waals surface area contributed by atoms with E-state index in [1.165, 1.54) is 18.2 Å². The van der Waals surface area contributed by atoms with E-state index in [2.05, 4.69) is 4.74 Å². The van der Waals surface area contributed by atoms with Crippen LogP contribution in [0.25, 0.3) is 0 Å². The number of carbonyl (C=O) groups is 1. The minimum Gasteiger partial charge on any atom is -0.497 e. The number of methoxy groups -OCH3 is 1. The smallest absolute Gasteiger partial charge is 0.387 e. The molecule has 3 nitrogen and oxygen atoms in total. The van der Waals surface area contributed by atoms with Crippen molar-refractivity contribution in [1.29, 1.82) is 0 Å². The van der Waals surface area contributed by atoms with Gasteiger partial charge in [0.1, 0.15) is 11.5 Å². The van der Waals surface area contributed by atoms with Crippen LogP contribution in [0.2, 0.25) is 0 Å². The average Bonchev–Trinajstić information content (AvgIpc) is 2.46. The highest BCUT2D eigenvalue weighted by atomic mass is 19.3. The Morgan fingerprint density at radius 3 is 2.48 bits per heavy atom. The summed E-state index contributed by atoms with van der Waals surface area (Å²) in [7, 11) is 1.54. The molecule has 0 aliphatic rings. The fraction of sp³-hybridized carbons (Fsp3) is 0.188. The predicted molar refractivity (Wildman–Crippen MR) is 74.2 cm³/mol. The molecule has 0 bridgehead atoms. The molecule has 5 heteroatoms. The van der Waals surface area contributed by atoms with E-state index in [1.807, 2.05) is 0 Å². The monoisotopic (exact) mass is 292 g/mol. The van der Waals surface area contributed by atoms with Gasteiger partial charge in [0.15, 0.2) is 5.78 Å². The topological polar surface area (TPSA) is 35.5 Å². The Morgan fingerprint density at radius 1 is 1.10 bits per heavy atom. The lowest BCUT2D eigenvalue weighted by molar-refractivity contribution is -0.0498. The second kappa shape index (κ2) is 6.35. The Labute approximate surface area is 121 Å². The minimum atomic E-state index is -2.92. The lowest BCUT2D eigenvalue weighted by atomic mass is 9.99. The minimum absolute atomic E-state index is 0.0398. The van der Waals surface area contributed by atoms with Crippen LogP contribution in [-0.2, 0) is 0 Å². The Balaban J connectivity index is 2.31. The fourth-order valence-corrected chi connectivity index (χ4v) is 1.99. The van der Waals surface area contributed by atoms with Crippen molar-refractivity contribution >= 4 is 5.78 Å². The van der Waals surface area contributed by atoms with Gasteiger partial charge >= 0.3 is 6.61 Å². The molecule has 0 atom stereocenters. The summed E-state index contributed by atoms with van der Waals surface area (Å²) in [6.07, 6.45) is 0. The summed E-state index contributed by atoms with van der Waals surface area (Å²) in [5.74, 6) is 0.357. The van der Waals surface area contributed by atoms with Crippen LogP contribution in [0.4, 0.5) is 8.78 Å². The first-order valence-corrected chi connectivity index (χ1v) is 6.25. The van der Waals surface area contributed by atoms with Crippen LogP contribution < -0.4 is 9.47 Å². The number of hydrogen-bond donors (Lipinski definition) is 0. The zero-order valence-electron chi connectivity index (χ0n) is 11.6. The summed E-state index contributed by atoms with van der Waals surface area (Å²) in [6, 6.07) is 10.8. The lowest BCUT2D eigenvalue weighted by Crippen LogP contribution is -2.06. The number of ketones is 1. The number of benzene rings is 2. The van der Waals surface area contributed by atoms with Crippen LogP contribution >= 0.6 is 0 Å². The number of alkyl halides is 2. The van der Waals surface area contributed by atoms with Gasteiger partial charge in [-0.25, -0.2) is 0 Å². The molecule has 21 heavy (non-hydrogen) atoms. The predicted octanol–water partition coefficient (Wildman–Crippen LogP) is 3.84. The van der Waals surface area contributed by atoms with Gasteiger partial charge in [0.2, 0.25) is 0 Å². The maximum absolute atomic E-state index is 12.4. The summed E-state index contributed by atoms with van der Waals surface area (Å²) in [5, 5.41) is 0. The van der Waals surface area contributed by atoms with Crippen molar-refractivity contribution in [2.75, 3.05) is 7.11 Å². The number of halogens is 2. The van der Waals surface area contributed by atoms with Gasteiger partial charge in [0, 0.05) is 11.1 Å². The summed E-state index contributed by atoms with van der Waals surface area (Å²) in [4.78, 5) is 12.4. The van der Waals surface area contributed by atoms with Crippen molar-refractivity contribution in [3.05, 3.63) is 59.2 Å². The number of ether oxygens (including phenoxy) is 2. The summed E-state index contributed by atoms with van der Waals surface area (Å²) in [6.45, 7) is -1.13. The van der Waals surface area contributed by atoms with Crippen LogP contribution in [-0.4, -0.2) is 19.5 Å². The number of aryl methyl sites for hydroxylation is 1. The molecule has 2 rings (SSSR count). The Kier molecular flexibility index (Phi) is 4.52. The van der Waals surface area contributed by atoms with E-state index < -0.39 is 6.61 Å². The summed E-state index contributed by atoms with van der Waals surface area (Å²) >= 11 is 0. The SMILES string of the molecule is COc1ccc(C(=O)c2cccc(OC(F)F)c2)c(C)c1. The molecule has 110 valence electrons. The normalized spacial score (nSPS) is 10.5. The maximum atomic E-state index is 12.4. The van der Waals surface area contributed by atoms with Gasteiger partial charge in [-0.15, -0.1) is 0 Å². The Bertz CT molecular complexity index is 654. The number of rotatable bonds is 5. The van der Waals surface area contributed by atoms with Gasteiger partial charge in [0.05, 0.1) is 7.11 Å². The molecule has 2 aromatic rings. The van der Waals surface area contributed by atoms with Gasteiger partial charge in [-0.1, -0.05) is 12.1 Å². The van der Waals surface area contributed by atoms with Crippen LogP contribution in [0.5, 0.6) is 11.5 Å². The standard InChI is InChI=1S/C16H14F2O3/c1-10-8-12(20-2)6-7-14(10)15(19)11-4-3-5-13(9-11)21-16(17)18/h3-9,16H,1-2H3. The van der Waals surface area contributed by atoms with E-state index in [-0.39, 0.29) is 11.5 Å². The van der Waals surface area contributed by atoms with Crippen molar-refractivity contribution in [3.63, 3.8) is 0 Å². The molecular weight excluding hydrogens is 278 g/mol. The van der Waals surface area contributed by atoms with E-state index in [1.54, 1.807) is 38.3 Å². The largest absolute Gasteiger partial charge is 0.497 e. The van der Waals surface area contributed by atoms with Crippen molar-refractivity contribution < 1.29 is 23.0 Å². The Hall–Kier alpha value is -2.43. The van der Waals surface area contributed by atoms with Crippen molar-refractivity contribution in [2.24, 2.45) is 0 Å². The van der Waals surface area contributed by atoms with E-state index in [0.717, 1.165) is 5.56 Å². The molecule has 2 aromatic carbocycles. The van der Waals surface area contributed by atoms with Crippen LogP contribution in [0, 0.1) is 6.92 Å². The van der Waals surface area contributed by atoms with Crippen molar-refractivity contribution in [1.82, 2.24) is 0 Å². The van der Waals surface area contributed by atoms with Gasteiger partial charge in [-0.3, -0.25) is 4.79 Å². The molecule has 0 unspecified atom stereocenters. The lowest BCUT2D eigenvalue weighted by Gasteiger charge is -2.09. The van der Waals surface area contributed by atoms with Crippen LogP contribution in [0.3, 0.4) is 0 Å². The summed E-state index contributed by atoms with van der Waals surface area (Å²) < 4.78 is 33.8. The highest BCUT2D eigenvalue weighted by Crippen LogP contribution is 2.22. The number of carbonyl (C=O) groups excluding carboxylic acids is 1. The second-order valence-electron chi connectivity index (χ2n) is 4.42. The van der Waals surface area contributed by atoms with Crippen LogP contribution in [0.1, 0.15) is 21.5 Å². The van der Waals surface area contributed by atoms with E-state index >= 15 is 0 Å². The van der Waals surface area contributed by atoms with Gasteiger partial charge in [-0.2, -0.15) is 8.78 Å². The first-order valence-electron chi connectivity index (χ1n) is 6.25. The Morgan fingerprint density at radius 2 is 1.86 bits per heavy atom. The third-order valence-corrected chi connectivity index (χ3v) is 3.00. The molecule has 0 amide bonds. The first kappa shape index (κ1) is 15.0. The molecule has 0 saturated heterocycles. The van der Waals surface area contributed by atoms with Crippen molar-refractivity contribution in [2.45, 2.75) is 13.5 Å². The van der Waals surface area contributed by atoms with E-state index in [9.17, 15) is 13.6 Å².